The maximum atomic E-state index is 12.8. The van der Waals surface area contributed by atoms with E-state index in [1.807, 2.05) is 39.1 Å². The molecule has 2 aromatic heterocycles. The monoisotopic (exact) mass is 390 g/mol. The Hall–Kier alpha value is -2.41. The minimum absolute atomic E-state index is 0.0193. The van der Waals surface area contributed by atoms with Crippen LogP contribution in [0.25, 0.3) is 0 Å². The molecule has 27 heavy (non-hydrogen) atoms. The number of Topliss-reactive ketones (excluding diaryl/α,β-unsaturated/α-hetero) is 1. The van der Waals surface area contributed by atoms with Gasteiger partial charge in [-0.25, -0.2) is 4.79 Å². The molecule has 0 aromatic carbocycles. The van der Waals surface area contributed by atoms with Crippen LogP contribution in [0.4, 0.5) is 0 Å². The van der Waals surface area contributed by atoms with Gasteiger partial charge in [-0.15, -0.1) is 11.3 Å². The molecule has 7 heteroatoms. The second-order valence-electron chi connectivity index (χ2n) is 7.19. The predicted octanol–water partition coefficient (Wildman–Crippen LogP) is 3.21. The number of aromatic nitrogens is 2. The van der Waals surface area contributed by atoms with Gasteiger partial charge in [0.1, 0.15) is 5.56 Å². The molecule has 0 aliphatic rings. The normalized spacial score (nSPS) is 11.0. The summed E-state index contributed by atoms with van der Waals surface area (Å²) >= 11 is 1.41. The van der Waals surface area contributed by atoms with Gasteiger partial charge in [-0.05, 0) is 37.6 Å². The molecule has 0 spiro atoms. The van der Waals surface area contributed by atoms with E-state index >= 15 is 0 Å². The third kappa shape index (κ3) is 5.07. The van der Waals surface area contributed by atoms with Crippen molar-refractivity contribution in [2.75, 3.05) is 0 Å². The standard InChI is InChI=1S/C20H26N2O4S/c1-13(2)7-9-21-18(24)17(16(23)12-15-6-5-11-27-15)19(25)22(20(21)26)10-8-14(3)4/h5-7,11,14,24H,8-10,12H2,1-4H3. The molecule has 6 nitrogen and oxygen atoms in total. The number of hydrogen-bond donors (Lipinski definition) is 1. The van der Waals surface area contributed by atoms with E-state index in [4.69, 9.17) is 0 Å². The van der Waals surface area contributed by atoms with Gasteiger partial charge in [-0.2, -0.15) is 0 Å². The van der Waals surface area contributed by atoms with Gasteiger partial charge >= 0.3 is 5.69 Å². The number of allylic oxidation sites excluding steroid dienone is 2. The third-order valence-electron chi connectivity index (χ3n) is 4.21. The molecule has 0 saturated heterocycles. The van der Waals surface area contributed by atoms with Crippen molar-refractivity contribution < 1.29 is 9.90 Å². The van der Waals surface area contributed by atoms with E-state index in [0.29, 0.717) is 12.3 Å². The van der Waals surface area contributed by atoms with Crippen LogP contribution in [-0.4, -0.2) is 20.0 Å². The number of nitrogens with zero attached hydrogens (tertiary/aromatic N) is 2. The highest BCUT2D eigenvalue weighted by atomic mass is 32.1. The van der Waals surface area contributed by atoms with Crippen LogP contribution in [0.2, 0.25) is 0 Å². The summed E-state index contributed by atoms with van der Waals surface area (Å²) in [5.74, 6) is -0.740. The van der Waals surface area contributed by atoms with Crippen LogP contribution >= 0.6 is 11.3 Å². The fourth-order valence-electron chi connectivity index (χ4n) is 2.62. The number of aromatic hydroxyl groups is 1. The van der Waals surface area contributed by atoms with Gasteiger partial charge in [0.15, 0.2) is 5.78 Å². The highest BCUT2D eigenvalue weighted by Crippen LogP contribution is 2.17. The number of rotatable bonds is 8. The Labute approximate surface area is 162 Å². The number of ketones is 1. The highest BCUT2D eigenvalue weighted by Gasteiger charge is 2.24. The van der Waals surface area contributed by atoms with E-state index in [2.05, 4.69) is 0 Å². The lowest BCUT2D eigenvalue weighted by Gasteiger charge is -2.15. The summed E-state index contributed by atoms with van der Waals surface area (Å²) in [5, 5.41) is 12.4. The summed E-state index contributed by atoms with van der Waals surface area (Å²) in [5.41, 5.74) is -0.655. The molecule has 0 amide bonds. The molecule has 146 valence electrons. The molecule has 0 fully saturated rings. The van der Waals surface area contributed by atoms with Gasteiger partial charge in [0.25, 0.3) is 5.56 Å². The summed E-state index contributed by atoms with van der Waals surface area (Å²) in [4.78, 5) is 39.1. The number of thiophene rings is 1. The topological polar surface area (TPSA) is 81.3 Å². The van der Waals surface area contributed by atoms with Crippen molar-refractivity contribution in [3.05, 3.63) is 60.4 Å². The molecule has 0 aliphatic carbocycles. The zero-order chi connectivity index (χ0) is 20.1. The van der Waals surface area contributed by atoms with Gasteiger partial charge in [0.05, 0.1) is 0 Å². The van der Waals surface area contributed by atoms with Crippen molar-refractivity contribution in [2.24, 2.45) is 5.92 Å². The van der Waals surface area contributed by atoms with Gasteiger partial charge in [0, 0.05) is 24.4 Å². The first kappa shape index (κ1) is 20.9. The SMILES string of the molecule is CC(C)=CCn1c(O)c(C(=O)Cc2cccs2)c(=O)n(CCC(C)C)c1=O. The Kier molecular flexibility index (Phi) is 6.96. The molecule has 2 rings (SSSR count). The molecule has 0 radical (unpaired) electrons. The summed E-state index contributed by atoms with van der Waals surface area (Å²) in [7, 11) is 0. The molecule has 0 atom stereocenters. The molecule has 0 saturated carbocycles. The Morgan fingerprint density at radius 1 is 1.26 bits per heavy atom. The van der Waals surface area contributed by atoms with Crippen LogP contribution in [-0.2, 0) is 19.5 Å². The molecule has 0 aliphatic heterocycles. The van der Waals surface area contributed by atoms with E-state index in [1.54, 1.807) is 12.1 Å². The van der Waals surface area contributed by atoms with Crippen LogP contribution in [0.1, 0.15) is 49.4 Å². The minimum atomic E-state index is -0.715. The van der Waals surface area contributed by atoms with Crippen molar-refractivity contribution >= 4 is 17.1 Å². The molecule has 2 aromatic rings. The average Bonchev–Trinajstić information content (AvgIpc) is 3.06. The highest BCUT2D eigenvalue weighted by molar-refractivity contribution is 7.10. The first-order chi connectivity index (χ1) is 12.7. The van der Waals surface area contributed by atoms with Gasteiger partial charge in [-0.3, -0.25) is 18.7 Å². The van der Waals surface area contributed by atoms with E-state index in [-0.39, 0.29) is 25.1 Å². The van der Waals surface area contributed by atoms with Gasteiger partial charge < -0.3 is 5.11 Å². The second kappa shape index (κ2) is 8.99. The maximum Gasteiger partial charge on any atom is 0.334 e. The van der Waals surface area contributed by atoms with E-state index < -0.39 is 22.9 Å². The first-order valence-electron chi connectivity index (χ1n) is 8.98. The average molecular weight is 391 g/mol. The second-order valence-corrected chi connectivity index (χ2v) is 8.22. The van der Waals surface area contributed by atoms with Crippen LogP contribution in [0.3, 0.4) is 0 Å². The minimum Gasteiger partial charge on any atom is -0.494 e. The Morgan fingerprint density at radius 3 is 2.52 bits per heavy atom. The molecule has 0 unspecified atom stereocenters. The fraction of sp³-hybridized carbons (Fsp3) is 0.450. The zero-order valence-corrected chi connectivity index (χ0v) is 17.0. The third-order valence-corrected chi connectivity index (χ3v) is 5.08. The summed E-state index contributed by atoms with van der Waals surface area (Å²) in [6, 6.07) is 3.62. The molecular formula is C20H26N2O4S. The van der Waals surface area contributed by atoms with Crippen molar-refractivity contribution in [1.29, 1.82) is 0 Å². The van der Waals surface area contributed by atoms with Crippen LogP contribution in [0, 0.1) is 5.92 Å². The van der Waals surface area contributed by atoms with Crippen molar-refractivity contribution in [3.8, 4) is 5.88 Å². The zero-order valence-electron chi connectivity index (χ0n) is 16.2. The fourth-order valence-corrected chi connectivity index (χ4v) is 3.32. The first-order valence-corrected chi connectivity index (χ1v) is 9.85. The molecular weight excluding hydrogens is 364 g/mol. The Morgan fingerprint density at radius 2 is 1.96 bits per heavy atom. The van der Waals surface area contributed by atoms with E-state index in [9.17, 15) is 19.5 Å². The van der Waals surface area contributed by atoms with E-state index in [1.165, 1.54) is 11.3 Å². The van der Waals surface area contributed by atoms with Crippen LogP contribution < -0.4 is 11.2 Å². The summed E-state index contributed by atoms with van der Waals surface area (Å²) in [6.45, 7) is 8.06. The number of hydrogen-bond acceptors (Lipinski definition) is 5. The van der Waals surface area contributed by atoms with Crippen molar-refractivity contribution in [1.82, 2.24) is 9.13 Å². The summed E-state index contributed by atoms with van der Waals surface area (Å²) in [6.07, 6.45) is 2.42. The largest absolute Gasteiger partial charge is 0.494 e. The Balaban J connectivity index is 2.59. The lowest BCUT2D eigenvalue weighted by Crippen LogP contribution is -2.43. The van der Waals surface area contributed by atoms with Crippen molar-refractivity contribution in [3.63, 3.8) is 0 Å². The maximum absolute atomic E-state index is 12.8. The number of carbonyl (C=O) groups is 1. The lowest BCUT2D eigenvalue weighted by molar-refractivity contribution is 0.0986. The quantitative estimate of drug-likeness (QED) is 0.554. The summed E-state index contributed by atoms with van der Waals surface area (Å²) < 4.78 is 2.16. The predicted molar refractivity (Wildman–Crippen MR) is 108 cm³/mol. The van der Waals surface area contributed by atoms with Crippen molar-refractivity contribution in [2.45, 2.75) is 53.6 Å². The lowest BCUT2D eigenvalue weighted by atomic mass is 10.1. The van der Waals surface area contributed by atoms with Crippen LogP contribution in [0.5, 0.6) is 5.88 Å². The van der Waals surface area contributed by atoms with Gasteiger partial charge in [0.2, 0.25) is 5.88 Å². The molecule has 1 N–H and O–H groups in total. The Bertz CT molecular complexity index is 946. The molecule has 2 heterocycles. The van der Waals surface area contributed by atoms with E-state index in [0.717, 1.165) is 19.6 Å². The van der Waals surface area contributed by atoms with Gasteiger partial charge in [-0.1, -0.05) is 31.6 Å². The molecule has 0 bridgehead atoms. The van der Waals surface area contributed by atoms with Crippen LogP contribution in [0.15, 0.2) is 38.8 Å². The number of carbonyl (C=O) groups excluding carboxylic acids is 1. The smallest absolute Gasteiger partial charge is 0.334 e.